The number of hydrogen-bond donors (Lipinski definition) is 3. The number of ether oxygens (including phenoxy) is 2. The number of rotatable bonds is 8. The van der Waals surface area contributed by atoms with Gasteiger partial charge in [0.05, 0.1) is 26.7 Å². The lowest BCUT2D eigenvalue weighted by molar-refractivity contribution is -0.118. The normalized spacial score (nSPS) is 19.2. The number of carbonyl (C=O) groups excluding carboxylic acids is 1. The van der Waals surface area contributed by atoms with Gasteiger partial charge in [-0.15, -0.1) is 0 Å². The molecular weight excluding hydrogens is 506 g/mol. The molecule has 0 spiro atoms. The Morgan fingerprint density at radius 3 is 2.46 bits per heavy atom. The Morgan fingerprint density at radius 2 is 1.79 bits per heavy atom. The van der Waals surface area contributed by atoms with E-state index in [4.69, 9.17) is 19.6 Å². The zero-order chi connectivity index (χ0) is 27.8. The first-order chi connectivity index (χ1) is 18.7. The van der Waals surface area contributed by atoms with Gasteiger partial charge in [-0.3, -0.25) is 19.3 Å². The maximum absolute atomic E-state index is 12.8. The number of carbonyl (C=O) groups is 1. The summed E-state index contributed by atoms with van der Waals surface area (Å²) < 4.78 is 18.4. The van der Waals surface area contributed by atoms with Crippen LogP contribution in [0, 0.1) is 5.92 Å². The molecule has 1 amide bonds. The first-order valence-corrected chi connectivity index (χ1v) is 12.7. The lowest BCUT2D eigenvalue weighted by Gasteiger charge is -2.42. The molecule has 3 atom stereocenters. The number of primary amides is 1. The van der Waals surface area contributed by atoms with Crippen molar-refractivity contribution >= 4 is 5.91 Å². The zero-order valence-corrected chi connectivity index (χ0v) is 21.8. The molecule has 1 saturated heterocycles. The number of nitrogens with zero attached hydrogens (tertiary/aromatic N) is 2. The smallest absolute Gasteiger partial charge is 0.250 e. The Morgan fingerprint density at radius 1 is 1.08 bits per heavy atom. The highest BCUT2D eigenvalue weighted by molar-refractivity contribution is 5.75. The Balaban J connectivity index is 1.49. The van der Waals surface area contributed by atoms with Gasteiger partial charge >= 0.3 is 0 Å². The van der Waals surface area contributed by atoms with Crippen LogP contribution in [0.2, 0.25) is 0 Å². The van der Waals surface area contributed by atoms with Crippen LogP contribution in [0.25, 0.3) is 0 Å². The largest absolute Gasteiger partial charge is 0.502 e. The summed E-state index contributed by atoms with van der Waals surface area (Å²) in [5.74, 6) is -1.67. The van der Waals surface area contributed by atoms with E-state index in [0.29, 0.717) is 37.5 Å². The minimum atomic E-state index is -0.946. The minimum Gasteiger partial charge on any atom is -0.502 e. The summed E-state index contributed by atoms with van der Waals surface area (Å²) >= 11 is 0. The molecule has 39 heavy (non-hydrogen) atoms. The number of methoxy groups -OCH3 is 2. The Kier molecular flexibility index (Phi) is 7.09. The van der Waals surface area contributed by atoms with Gasteiger partial charge in [-0.25, -0.2) is 0 Å². The van der Waals surface area contributed by atoms with Crippen molar-refractivity contribution in [3.8, 4) is 23.0 Å². The third-order valence-corrected chi connectivity index (χ3v) is 7.56. The van der Waals surface area contributed by atoms with Gasteiger partial charge in [-0.2, -0.15) is 0 Å². The van der Waals surface area contributed by atoms with Gasteiger partial charge in [0, 0.05) is 49.8 Å². The van der Waals surface area contributed by atoms with E-state index in [-0.39, 0.29) is 46.8 Å². The third-order valence-electron chi connectivity index (χ3n) is 7.56. The molecule has 1 unspecified atom stereocenters. The number of phenolic OH excluding ortho intramolecular Hbond substituents is 1. The number of likely N-dealkylation sites (tertiary alicyclic amines) is 1. The van der Waals surface area contributed by atoms with Gasteiger partial charge in [-0.05, 0) is 36.1 Å². The maximum Gasteiger partial charge on any atom is 0.250 e. The second kappa shape index (κ2) is 10.5. The summed E-state index contributed by atoms with van der Waals surface area (Å²) in [7, 11) is 2.73. The van der Waals surface area contributed by atoms with Crippen LogP contribution in [0.5, 0.6) is 23.0 Å². The third kappa shape index (κ3) is 5.09. The molecule has 1 fully saturated rings. The molecule has 0 radical (unpaired) electrons. The molecule has 11 nitrogen and oxygen atoms in total. The molecule has 11 heteroatoms. The fourth-order valence-corrected chi connectivity index (χ4v) is 5.89. The van der Waals surface area contributed by atoms with E-state index in [1.165, 1.54) is 32.4 Å². The Labute approximate surface area is 224 Å². The molecule has 0 aliphatic carbocycles. The molecule has 4 N–H and O–H groups in total. The van der Waals surface area contributed by atoms with Crippen LogP contribution >= 0.6 is 0 Å². The van der Waals surface area contributed by atoms with Crippen molar-refractivity contribution < 1.29 is 28.9 Å². The van der Waals surface area contributed by atoms with E-state index in [9.17, 15) is 24.6 Å². The van der Waals surface area contributed by atoms with Crippen LogP contribution in [-0.4, -0.2) is 52.9 Å². The van der Waals surface area contributed by atoms with Gasteiger partial charge in [0.2, 0.25) is 22.8 Å². The van der Waals surface area contributed by atoms with Crippen molar-refractivity contribution in [2.75, 3.05) is 27.3 Å². The van der Waals surface area contributed by atoms with Crippen molar-refractivity contribution in [1.29, 1.82) is 0 Å². The standard InChI is InChI=1S/C28H31N3O8/c1-37-22-7-16(8-23(38-2)27(22)36)19(10-24(29)33)28-26(35)21(32)9-18(39-28)14-30-11-15-6-17(13-30)20-4-3-5-25(34)31(20)12-15/h3-5,7-9,15,17,19,35-36H,6,10-14H2,1-2H3,(H2,29,33)/t15-,17+,19?/m1/s1. The second-order valence-electron chi connectivity index (χ2n) is 10.2. The summed E-state index contributed by atoms with van der Waals surface area (Å²) in [6.07, 6.45) is 0.701. The van der Waals surface area contributed by atoms with Gasteiger partial charge < -0.3 is 34.4 Å². The molecule has 3 aromatic rings. The molecule has 2 aliphatic rings. The average Bonchev–Trinajstić information content (AvgIpc) is 2.90. The number of hydrogen-bond acceptors (Lipinski definition) is 9. The second-order valence-corrected chi connectivity index (χ2v) is 10.2. The number of benzene rings is 1. The summed E-state index contributed by atoms with van der Waals surface area (Å²) in [6, 6.07) is 9.55. The van der Waals surface area contributed by atoms with Crippen LogP contribution in [0.15, 0.2) is 50.4 Å². The van der Waals surface area contributed by atoms with E-state index in [2.05, 4.69) is 4.90 Å². The van der Waals surface area contributed by atoms with E-state index >= 15 is 0 Å². The fraction of sp³-hybridized carbons (Fsp3) is 0.393. The van der Waals surface area contributed by atoms with Gasteiger partial charge in [0.1, 0.15) is 5.76 Å². The molecule has 2 aromatic heterocycles. The van der Waals surface area contributed by atoms with E-state index in [1.54, 1.807) is 12.1 Å². The highest BCUT2D eigenvalue weighted by Gasteiger charge is 2.35. The van der Waals surface area contributed by atoms with E-state index in [1.807, 2.05) is 10.6 Å². The van der Waals surface area contributed by atoms with E-state index in [0.717, 1.165) is 12.1 Å². The number of aromatic hydroxyl groups is 2. The SMILES string of the molecule is COc1cc(C(CC(N)=O)c2oc(CN3C[C@H]4C[C@@H](C3)c3cccc(=O)n3C4)cc(=O)c2O)cc(OC)c1O. The highest BCUT2D eigenvalue weighted by atomic mass is 16.5. The molecule has 206 valence electrons. The van der Waals surface area contributed by atoms with Gasteiger partial charge in [0.25, 0.3) is 5.56 Å². The van der Waals surface area contributed by atoms with Crippen molar-refractivity contribution in [3.63, 3.8) is 0 Å². The first-order valence-electron chi connectivity index (χ1n) is 12.7. The lowest BCUT2D eigenvalue weighted by Crippen LogP contribution is -2.46. The zero-order valence-electron chi connectivity index (χ0n) is 21.8. The predicted octanol–water partition coefficient (Wildman–Crippen LogP) is 1.86. The Hall–Kier alpha value is -4.25. The number of fused-ring (bicyclic) bond motifs is 4. The number of aromatic nitrogens is 1. The fourth-order valence-electron chi connectivity index (χ4n) is 5.89. The molecule has 0 saturated carbocycles. The van der Waals surface area contributed by atoms with Crippen molar-refractivity contribution in [3.05, 3.63) is 79.8 Å². The molecule has 4 heterocycles. The summed E-state index contributed by atoms with van der Waals surface area (Å²) in [5.41, 5.74) is 6.29. The number of piperidine rings is 1. The van der Waals surface area contributed by atoms with Crippen molar-refractivity contribution in [1.82, 2.24) is 9.47 Å². The first kappa shape index (κ1) is 26.4. The number of phenols is 1. The quantitative estimate of drug-likeness (QED) is 0.390. The van der Waals surface area contributed by atoms with Crippen LogP contribution in [0.1, 0.15) is 47.5 Å². The topological polar surface area (TPSA) is 157 Å². The summed E-state index contributed by atoms with van der Waals surface area (Å²) in [6.45, 7) is 2.33. The molecule has 1 aromatic carbocycles. The van der Waals surface area contributed by atoms with Crippen LogP contribution in [0.3, 0.4) is 0 Å². The summed E-state index contributed by atoms with van der Waals surface area (Å²) in [5, 5.41) is 21.1. The van der Waals surface area contributed by atoms with Crippen LogP contribution in [0.4, 0.5) is 0 Å². The average molecular weight is 538 g/mol. The highest BCUT2D eigenvalue weighted by Crippen LogP contribution is 2.43. The van der Waals surface area contributed by atoms with Crippen molar-refractivity contribution in [2.45, 2.75) is 37.8 Å². The van der Waals surface area contributed by atoms with Crippen molar-refractivity contribution in [2.24, 2.45) is 11.7 Å². The van der Waals surface area contributed by atoms with Crippen LogP contribution < -0.4 is 26.2 Å². The number of pyridine rings is 1. The monoisotopic (exact) mass is 537 g/mol. The van der Waals surface area contributed by atoms with Gasteiger partial charge in [-0.1, -0.05) is 6.07 Å². The summed E-state index contributed by atoms with van der Waals surface area (Å²) in [4.78, 5) is 39.4. The maximum atomic E-state index is 12.8. The molecule has 5 rings (SSSR count). The number of amides is 1. The minimum absolute atomic E-state index is 0.00723. The van der Waals surface area contributed by atoms with Gasteiger partial charge in [0.15, 0.2) is 17.3 Å². The van der Waals surface area contributed by atoms with Crippen LogP contribution in [-0.2, 0) is 17.9 Å². The van der Waals surface area contributed by atoms with E-state index < -0.39 is 23.0 Å². The molecular formula is C28H31N3O8. The predicted molar refractivity (Wildman–Crippen MR) is 140 cm³/mol. The number of nitrogens with two attached hydrogens (primary N) is 1. The molecule has 2 aliphatic heterocycles. The molecule has 2 bridgehead atoms. The Bertz CT molecular complexity index is 1500. The lowest BCUT2D eigenvalue weighted by atomic mass is 9.83.